The summed E-state index contributed by atoms with van der Waals surface area (Å²) in [6, 6.07) is 23.4. The van der Waals surface area contributed by atoms with E-state index in [1.54, 1.807) is 61.1 Å². The third kappa shape index (κ3) is 7.00. The third-order valence-electron chi connectivity index (χ3n) is 5.32. The van der Waals surface area contributed by atoms with Crippen molar-refractivity contribution >= 4 is 35.2 Å². The largest absolute Gasteiger partial charge is 0.403 e. The molecule has 1 atom stereocenters. The fourth-order valence-electron chi connectivity index (χ4n) is 3.49. The number of nitrogens with zero attached hydrogens (tertiary/aromatic N) is 3. The lowest BCUT2D eigenvalue weighted by atomic mass is 9.89. The van der Waals surface area contributed by atoms with Crippen LogP contribution >= 0.6 is 23.5 Å². The van der Waals surface area contributed by atoms with Crippen molar-refractivity contribution in [3.8, 4) is 0 Å². The number of hydrogen-bond donors (Lipinski definition) is 4. The molecule has 1 unspecified atom stereocenters. The van der Waals surface area contributed by atoms with Crippen molar-refractivity contribution in [3.63, 3.8) is 0 Å². The van der Waals surface area contributed by atoms with Gasteiger partial charge in [-0.05, 0) is 42.0 Å². The highest BCUT2D eigenvalue weighted by Crippen LogP contribution is 2.37. The third-order valence-corrected chi connectivity index (χ3v) is 7.33. The van der Waals surface area contributed by atoms with E-state index < -0.39 is 11.5 Å². The van der Waals surface area contributed by atoms with Gasteiger partial charge in [0.2, 0.25) is 0 Å². The van der Waals surface area contributed by atoms with Crippen LogP contribution in [0.3, 0.4) is 0 Å². The van der Waals surface area contributed by atoms with Crippen molar-refractivity contribution < 1.29 is 9.90 Å². The van der Waals surface area contributed by atoms with E-state index in [-0.39, 0.29) is 12.2 Å². The summed E-state index contributed by atoms with van der Waals surface area (Å²) in [6.07, 6.45) is 6.33. The summed E-state index contributed by atoms with van der Waals surface area (Å²) in [6.45, 7) is 3.93. The van der Waals surface area contributed by atoms with E-state index in [1.807, 2.05) is 36.4 Å². The summed E-state index contributed by atoms with van der Waals surface area (Å²) in [7, 11) is 0. The van der Waals surface area contributed by atoms with Crippen LogP contribution in [0.2, 0.25) is 0 Å². The number of thioether (sulfide) groups is 2. The second-order valence-electron chi connectivity index (χ2n) is 7.95. The van der Waals surface area contributed by atoms with Crippen LogP contribution < -0.4 is 16.4 Å². The van der Waals surface area contributed by atoms with Crippen molar-refractivity contribution in [2.75, 3.05) is 11.9 Å². The van der Waals surface area contributed by atoms with E-state index in [0.29, 0.717) is 22.1 Å². The highest BCUT2D eigenvalue weighted by molar-refractivity contribution is 8.24. The highest BCUT2D eigenvalue weighted by Gasteiger charge is 2.33. The molecule has 0 aliphatic heterocycles. The molecule has 0 fully saturated rings. The number of anilines is 1. The lowest BCUT2D eigenvalue weighted by molar-refractivity contribution is 0.0664. The molecule has 0 bridgehead atoms. The van der Waals surface area contributed by atoms with Crippen LogP contribution in [0.25, 0.3) is 0 Å². The number of nitrogens with two attached hydrogens (primary N) is 1. The quantitative estimate of drug-likeness (QED) is 0.199. The summed E-state index contributed by atoms with van der Waals surface area (Å²) in [4.78, 5) is 26.6. The van der Waals surface area contributed by atoms with Gasteiger partial charge in [-0.15, -0.1) is 0 Å². The minimum Gasteiger partial charge on any atom is -0.403 e. The fourth-order valence-corrected chi connectivity index (χ4v) is 5.31. The number of nitrogens with one attached hydrogen (secondary N) is 2. The Kier molecular flexibility index (Phi) is 9.15. The number of aliphatic hydroxyl groups is 1. The van der Waals surface area contributed by atoms with Gasteiger partial charge in [0.1, 0.15) is 17.1 Å². The molecule has 0 saturated carbocycles. The van der Waals surface area contributed by atoms with E-state index in [2.05, 4.69) is 32.2 Å². The first-order valence-electron chi connectivity index (χ1n) is 11.6. The van der Waals surface area contributed by atoms with Crippen molar-refractivity contribution in [2.45, 2.75) is 10.5 Å². The predicted octanol–water partition coefficient (Wildman–Crippen LogP) is 4.70. The number of amides is 1. The molecule has 192 valence electrons. The van der Waals surface area contributed by atoms with E-state index in [1.165, 1.54) is 29.7 Å². The maximum Gasteiger partial charge on any atom is 0.270 e. The molecule has 0 aliphatic rings. The van der Waals surface area contributed by atoms with Crippen LogP contribution in [0, 0.1) is 0 Å². The average Bonchev–Trinajstić information content (AvgIpc) is 2.97. The molecular weight excluding hydrogens is 516 g/mol. The first kappa shape index (κ1) is 26.9. The van der Waals surface area contributed by atoms with Gasteiger partial charge in [0.15, 0.2) is 0 Å². The van der Waals surface area contributed by atoms with Gasteiger partial charge in [0, 0.05) is 29.7 Å². The molecule has 4 aromatic rings. The monoisotopic (exact) mass is 542 g/mol. The minimum atomic E-state index is -1.52. The van der Waals surface area contributed by atoms with Crippen molar-refractivity contribution in [1.82, 2.24) is 20.3 Å². The van der Waals surface area contributed by atoms with Crippen LogP contribution in [-0.4, -0.2) is 32.5 Å². The molecule has 0 saturated heterocycles. The Balaban J connectivity index is 1.43. The van der Waals surface area contributed by atoms with Crippen LogP contribution in [0.1, 0.15) is 21.7 Å². The summed E-state index contributed by atoms with van der Waals surface area (Å²) >= 11 is 2.73. The molecule has 38 heavy (non-hydrogen) atoms. The van der Waals surface area contributed by atoms with Crippen LogP contribution in [0.5, 0.6) is 0 Å². The molecule has 0 aliphatic carbocycles. The Morgan fingerprint density at radius 2 is 1.71 bits per heavy atom. The second-order valence-corrected chi connectivity index (χ2v) is 10.5. The first-order valence-corrected chi connectivity index (χ1v) is 13.2. The predicted molar refractivity (Wildman–Crippen MR) is 153 cm³/mol. The summed E-state index contributed by atoms with van der Waals surface area (Å²) in [5, 5.41) is 18.2. The molecule has 3 aromatic heterocycles. The van der Waals surface area contributed by atoms with Gasteiger partial charge >= 0.3 is 0 Å². The van der Waals surface area contributed by atoms with Gasteiger partial charge in [-0.3, -0.25) is 14.8 Å². The number of aromatic nitrogens is 3. The Morgan fingerprint density at radius 1 is 0.974 bits per heavy atom. The molecule has 8 nitrogen and oxygen atoms in total. The summed E-state index contributed by atoms with van der Waals surface area (Å²) in [5.41, 5.74) is 5.58. The average molecular weight is 543 g/mol. The van der Waals surface area contributed by atoms with E-state index in [0.717, 1.165) is 9.13 Å². The lowest BCUT2D eigenvalue weighted by Crippen LogP contribution is -2.42. The molecule has 3 heterocycles. The zero-order chi connectivity index (χ0) is 26.8. The number of benzene rings is 1. The van der Waals surface area contributed by atoms with Crippen LogP contribution in [0.4, 0.5) is 5.82 Å². The molecule has 0 radical (unpaired) electrons. The zero-order valence-corrected chi connectivity index (χ0v) is 22.0. The Labute approximate surface area is 229 Å². The second kappa shape index (κ2) is 12.9. The van der Waals surface area contributed by atoms with Crippen molar-refractivity contribution in [1.29, 1.82) is 0 Å². The Hall–Kier alpha value is -4.12. The van der Waals surface area contributed by atoms with Gasteiger partial charge in [-0.1, -0.05) is 72.6 Å². The first-order chi connectivity index (χ1) is 18.5. The summed E-state index contributed by atoms with van der Waals surface area (Å²) in [5.74, 6) is 0.250. The van der Waals surface area contributed by atoms with E-state index in [4.69, 9.17) is 5.73 Å². The van der Waals surface area contributed by atoms with Crippen molar-refractivity contribution in [3.05, 3.63) is 136 Å². The molecule has 1 aromatic carbocycles. The number of rotatable bonds is 11. The lowest BCUT2D eigenvalue weighted by Gasteiger charge is -2.28. The fraction of sp³-hybridized carbons (Fsp3) is 0.0714. The molecule has 4 rings (SSSR count). The normalized spacial score (nSPS) is 12.8. The topological polar surface area (TPSA) is 126 Å². The molecule has 1 amide bonds. The van der Waals surface area contributed by atoms with Gasteiger partial charge < -0.3 is 21.5 Å². The number of carbonyl (C=O) groups is 1. The molecule has 5 N–H and O–H groups in total. The van der Waals surface area contributed by atoms with Gasteiger partial charge in [-0.25, -0.2) is 4.98 Å². The maximum absolute atomic E-state index is 13.1. The molecular formula is C28H26N6O2S2. The van der Waals surface area contributed by atoms with Crippen LogP contribution in [-0.2, 0) is 5.60 Å². The van der Waals surface area contributed by atoms with Gasteiger partial charge in [0.05, 0.1) is 21.5 Å². The minimum absolute atomic E-state index is 0.0886. The Morgan fingerprint density at radius 3 is 2.39 bits per heavy atom. The Bertz CT molecular complexity index is 1360. The molecule has 0 spiro atoms. The number of carbonyl (C=O) groups excluding carboxylic acids is 1. The van der Waals surface area contributed by atoms with Gasteiger partial charge in [-0.2, -0.15) is 0 Å². The standard InChI is InChI=1S/C28H26N6O2S2/c1-20(34-25-12-6-8-15-32-25)37-26(18-29)38-22-13-16-30-23(17-22)27(35)33-19-28(36,21-9-3-2-4-10-21)24-11-5-7-14-31-24/h2-18,36H,1,19,29H2,(H,32,34)(H,33,35)/b26-18+. The number of hydrogen-bond acceptors (Lipinski definition) is 9. The SMILES string of the molecule is C=C(Nc1ccccn1)S/C(=C\N)Sc1ccnc(C(=O)NCC(O)(c2ccccc2)c2ccccn2)c1. The summed E-state index contributed by atoms with van der Waals surface area (Å²) < 4.78 is 0.754. The maximum atomic E-state index is 13.1. The van der Waals surface area contributed by atoms with Crippen LogP contribution in [0.15, 0.2) is 124 Å². The van der Waals surface area contributed by atoms with Gasteiger partial charge in [0.25, 0.3) is 5.91 Å². The van der Waals surface area contributed by atoms with E-state index >= 15 is 0 Å². The number of pyridine rings is 3. The zero-order valence-electron chi connectivity index (χ0n) is 20.3. The smallest absolute Gasteiger partial charge is 0.270 e. The van der Waals surface area contributed by atoms with Crippen molar-refractivity contribution in [2.24, 2.45) is 5.73 Å². The van der Waals surface area contributed by atoms with E-state index in [9.17, 15) is 9.90 Å². The molecule has 10 heteroatoms. The highest BCUT2D eigenvalue weighted by atomic mass is 32.2.